The average Bonchev–Trinajstić information content (AvgIpc) is 3.48. The van der Waals surface area contributed by atoms with Gasteiger partial charge in [0.1, 0.15) is 0 Å². The highest BCUT2D eigenvalue weighted by Gasteiger charge is 2.39. The summed E-state index contributed by atoms with van der Waals surface area (Å²) < 4.78 is 30.9. The van der Waals surface area contributed by atoms with Crippen molar-refractivity contribution in [2.24, 2.45) is 0 Å². The fourth-order valence-electron chi connectivity index (χ4n) is 4.71. The van der Waals surface area contributed by atoms with Gasteiger partial charge < -0.3 is 9.64 Å². The van der Waals surface area contributed by atoms with E-state index in [9.17, 15) is 18.0 Å². The molecule has 11 heteroatoms. The van der Waals surface area contributed by atoms with Gasteiger partial charge >= 0.3 is 5.97 Å². The van der Waals surface area contributed by atoms with Crippen molar-refractivity contribution in [3.05, 3.63) is 40.3 Å². The fraction of sp³-hybridized carbons (Fsp3) is 0.545. The van der Waals surface area contributed by atoms with E-state index in [-0.39, 0.29) is 40.2 Å². The van der Waals surface area contributed by atoms with Crippen LogP contribution in [0.3, 0.4) is 0 Å². The maximum atomic E-state index is 13.1. The van der Waals surface area contributed by atoms with Crippen molar-refractivity contribution < 1.29 is 22.7 Å². The van der Waals surface area contributed by atoms with E-state index < -0.39 is 22.4 Å². The van der Waals surface area contributed by atoms with E-state index in [0.29, 0.717) is 12.2 Å². The number of esters is 1. The zero-order chi connectivity index (χ0) is 23.8. The van der Waals surface area contributed by atoms with Gasteiger partial charge in [-0.25, -0.2) is 22.9 Å². The van der Waals surface area contributed by atoms with Gasteiger partial charge in [0.25, 0.3) is 5.91 Å². The molecule has 178 valence electrons. The third-order valence-electron chi connectivity index (χ3n) is 6.19. The first-order valence-electron chi connectivity index (χ1n) is 11.0. The molecule has 2 aromatic rings. The minimum absolute atomic E-state index is 0.0226. The molecule has 1 aliphatic carbocycles. The molecule has 1 aliphatic heterocycles. The quantitative estimate of drug-likeness (QED) is 0.567. The van der Waals surface area contributed by atoms with Crippen LogP contribution < -0.4 is 0 Å². The number of amides is 1. The number of halogens is 1. The molecule has 0 N–H and O–H groups in total. The molecular formula is C22H27ClN4O5S. The van der Waals surface area contributed by atoms with Crippen LogP contribution >= 0.6 is 11.6 Å². The summed E-state index contributed by atoms with van der Waals surface area (Å²) in [6.45, 7) is 3.23. The number of ether oxygens (including phenoxy) is 1. The monoisotopic (exact) mass is 494 g/mol. The Labute approximate surface area is 198 Å². The lowest BCUT2D eigenvalue weighted by molar-refractivity contribution is -0.139. The highest BCUT2D eigenvalue weighted by Crippen LogP contribution is 2.29. The number of carbonyl (C=O) groups is 2. The van der Waals surface area contributed by atoms with E-state index in [1.54, 1.807) is 15.6 Å². The Bertz CT molecular complexity index is 1170. The number of carbonyl (C=O) groups excluding carboxylic acids is 2. The Morgan fingerprint density at radius 3 is 2.52 bits per heavy atom. The molecular weight excluding hydrogens is 468 g/mol. The van der Waals surface area contributed by atoms with Crippen LogP contribution in [0.4, 0.5) is 0 Å². The maximum absolute atomic E-state index is 13.1. The van der Waals surface area contributed by atoms with Crippen molar-refractivity contribution in [3.63, 3.8) is 0 Å². The standard InChI is InChI=1S/C22H27ClN4O5S/c1-14-11-15(2)27(25-14)19-8-7-18(23)21(24-19)22(29)32-12-20(28)26(16-5-3-4-6-16)17-9-10-33(30,31)13-17/h7-8,11,16-17H,3-6,9-10,12-13H2,1-2H3. The highest BCUT2D eigenvalue weighted by atomic mass is 35.5. The Kier molecular flexibility index (Phi) is 6.76. The lowest BCUT2D eigenvalue weighted by Crippen LogP contribution is -2.48. The van der Waals surface area contributed by atoms with Gasteiger partial charge in [0.15, 0.2) is 28.0 Å². The molecule has 3 heterocycles. The van der Waals surface area contributed by atoms with Crippen LogP contribution in [0.2, 0.25) is 5.02 Å². The minimum atomic E-state index is -3.15. The van der Waals surface area contributed by atoms with E-state index in [1.165, 1.54) is 6.07 Å². The van der Waals surface area contributed by atoms with Gasteiger partial charge in [0, 0.05) is 17.8 Å². The largest absolute Gasteiger partial charge is 0.451 e. The molecule has 1 unspecified atom stereocenters. The summed E-state index contributed by atoms with van der Waals surface area (Å²) >= 11 is 6.18. The molecule has 0 aromatic carbocycles. The minimum Gasteiger partial charge on any atom is -0.451 e. The second kappa shape index (κ2) is 9.42. The molecule has 2 aliphatic rings. The van der Waals surface area contributed by atoms with Gasteiger partial charge in [-0.1, -0.05) is 24.4 Å². The first-order chi connectivity index (χ1) is 15.6. The Morgan fingerprint density at radius 1 is 1.18 bits per heavy atom. The molecule has 9 nitrogen and oxygen atoms in total. The van der Waals surface area contributed by atoms with Crippen LogP contribution in [0.1, 0.15) is 54.0 Å². The van der Waals surface area contributed by atoms with Crippen LogP contribution in [-0.4, -0.2) is 70.2 Å². The number of nitrogens with zero attached hydrogens (tertiary/aromatic N) is 4. The van der Waals surface area contributed by atoms with Crippen molar-refractivity contribution >= 4 is 33.3 Å². The predicted octanol–water partition coefficient (Wildman–Crippen LogP) is 2.65. The van der Waals surface area contributed by atoms with Crippen molar-refractivity contribution in [3.8, 4) is 5.82 Å². The molecule has 1 saturated carbocycles. The van der Waals surface area contributed by atoms with E-state index in [4.69, 9.17) is 16.3 Å². The van der Waals surface area contributed by atoms with Gasteiger partial charge in [-0.05, 0) is 51.3 Å². The summed E-state index contributed by atoms with van der Waals surface area (Å²) in [7, 11) is -3.15. The van der Waals surface area contributed by atoms with E-state index >= 15 is 0 Å². The molecule has 1 saturated heterocycles. The van der Waals surface area contributed by atoms with Gasteiger partial charge in [-0.15, -0.1) is 0 Å². The van der Waals surface area contributed by atoms with Crippen molar-refractivity contribution in [2.75, 3.05) is 18.1 Å². The molecule has 0 spiro atoms. The second-order valence-corrected chi connectivity index (χ2v) is 11.3. The smallest absolute Gasteiger partial charge is 0.359 e. The second-order valence-electron chi connectivity index (χ2n) is 8.71. The number of rotatable bonds is 6. The number of aromatic nitrogens is 3. The Morgan fingerprint density at radius 2 is 1.91 bits per heavy atom. The summed E-state index contributed by atoms with van der Waals surface area (Å²) in [5.41, 5.74) is 1.54. The number of hydrogen-bond acceptors (Lipinski definition) is 7. The van der Waals surface area contributed by atoms with Crippen LogP contribution in [0.25, 0.3) is 5.82 Å². The number of pyridine rings is 1. The molecule has 2 fully saturated rings. The van der Waals surface area contributed by atoms with Crippen LogP contribution in [0, 0.1) is 13.8 Å². The van der Waals surface area contributed by atoms with Crippen LogP contribution in [-0.2, 0) is 19.4 Å². The van der Waals surface area contributed by atoms with Gasteiger partial charge in [0.2, 0.25) is 0 Å². The van der Waals surface area contributed by atoms with Crippen molar-refractivity contribution in [1.82, 2.24) is 19.7 Å². The summed E-state index contributed by atoms with van der Waals surface area (Å²) in [4.78, 5) is 31.8. The summed E-state index contributed by atoms with van der Waals surface area (Å²) in [5, 5.41) is 4.46. The number of hydrogen-bond donors (Lipinski definition) is 0. The van der Waals surface area contributed by atoms with Crippen LogP contribution in [0.5, 0.6) is 0 Å². The van der Waals surface area contributed by atoms with Crippen LogP contribution in [0.15, 0.2) is 18.2 Å². The maximum Gasteiger partial charge on any atom is 0.359 e. The molecule has 1 atom stereocenters. The fourth-order valence-corrected chi connectivity index (χ4v) is 6.60. The zero-order valence-electron chi connectivity index (χ0n) is 18.7. The van der Waals surface area contributed by atoms with E-state index in [0.717, 1.165) is 37.1 Å². The molecule has 0 radical (unpaired) electrons. The predicted molar refractivity (Wildman–Crippen MR) is 122 cm³/mol. The Hall–Kier alpha value is -2.46. The lowest BCUT2D eigenvalue weighted by Gasteiger charge is -2.33. The Balaban J connectivity index is 1.48. The first kappa shape index (κ1) is 23.7. The topological polar surface area (TPSA) is 111 Å². The lowest BCUT2D eigenvalue weighted by atomic mass is 10.1. The number of sulfone groups is 1. The summed E-state index contributed by atoms with van der Waals surface area (Å²) in [6, 6.07) is 4.67. The summed E-state index contributed by atoms with van der Waals surface area (Å²) in [6.07, 6.45) is 4.05. The van der Waals surface area contributed by atoms with Gasteiger partial charge in [0.05, 0.1) is 22.2 Å². The van der Waals surface area contributed by atoms with E-state index in [2.05, 4.69) is 10.1 Å². The van der Waals surface area contributed by atoms with Crippen molar-refractivity contribution in [2.45, 2.75) is 58.0 Å². The SMILES string of the molecule is Cc1cc(C)n(-c2ccc(Cl)c(C(=O)OCC(=O)N(C3CCCC3)C3CCS(=O)(=O)C3)n2)n1. The van der Waals surface area contributed by atoms with Gasteiger partial charge in [-0.2, -0.15) is 5.10 Å². The summed E-state index contributed by atoms with van der Waals surface area (Å²) in [5.74, 6) is -0.759. The first-order valence-corrected chi connectivity index (χ1v) is 13.2. The van der Waals surface area contributed by atoms with E-state index in [1.807, 2.05) is 19.9 Å². The zero-order valence-corrected chi connectivity index (χ0v) is 20.2. The van der Waals surface area contributed by atoms with Crippen molar-refractivity contribution in [1.29, 1.82) is 0 Å². The average molecular weight is 495 g/mol. The highest BCUT2D eigenvalue weighted by molar-refractivity contribution is 7.91. The third-order valence-corrected chi connectivity index (χ3v) is 8.24. The molecule has 0 bridgehead atoms. The third kappa shape index (κ3) is 5.22. The van der Waals surface area contributed by atoms with Gasteiger partial charge in [-0.3, -0.25) is 4.79 Å². The molecule has 4 rings (SSSR count). The molecule has 33 heavy (non-hydrogen) atoms. The molecule has 1 amide bonds. The number of aryl methyl sites for hydroxylation is 2. The molecule has 2 aromatic heterocycles. The normalized spacial score (nSPS) is 20.2.